The number of hydrogen-bond acceptors (Lipinski definition) is 8. The first-order valence-corrected chi connectivity index (χ1v) is 11.9. The van der Waals surface area contributed by atoms with Crippen LogP contribution in [0.15, 0.2) is 24.3 Å². The zero-order valence-electron chi connectivity index (χ0n) is 19.8. The first kappa shape index (κ1) is 23.3. The van der Waals surface area contributed by atoms with Crippen molar-refractivity contribution in [2.75, 3.05) is 46.6 Å². The predicted molar refractivity (Wildman–Crippen MR) is 126 cm³/mol. The molecule has 3 heterocycles. The van der Waals surface area contributed by atoms with E-state index in [2.05, 4.69) is 6.07 Å². The number of allylic oxidation sites excluding steroid dienone is 2. The Labute approximate surface area is 204 Å². The maximum Gasteiger partial charge on any atom is 0.254 e. The van der Waals surface area contributed by atoms with E-state index >= 15 is 0 Å². The van der Waals surface area contributed by atoms with Crippen LogP contribution >= 0.6 is 0 Å². The Bertz CT molecular complexity index is 1180. The van der Waals surface area contributed by atoms with Gasteiger partial charge in [-0.05, 0) is 12.1 Å². The van der Waals surface area contributed by atoms with E-state index in [1.807, 2.05) is 18.2 Å². The molecule has 0 bridgehead atoms. The minimum Gasteiger partial charge on any atom is -0.496 e. The molecule has 5 rings (SSSR count). The highest BCUT2D eigenvalue weighted by Gasteiger charge is 2.27. The van der Waals surface area contributed by atoms with Crippen molar-refractivity contribution in [3.05, 3.63) is 52.5 Å². The van der Waals surface area contributed by atoms with Gasteiger partial charge in [0.1, 0.15) is 17.7 Å². The van der Waals surface area contributed by atoms with Crippen LogP contribution in [0.4, 0.5) is 0 Å². The maximum atomic E-state index is 12.9. The molecule has 2 aromatic rings. The van der Waals surface area contributed by atoms with Crippen molar-refractivity contribution in [1.29, 1.82) is 5.26 Å². The summed E-state index contributed by atoms with van der Waals surface area (Å²) in [7, 11) is 1.59. The number of carbonyl (C=O) groups excluding carboxylic acids is 1. The van der Waals surface area contributed by atoms with E-state index in [4.69, 9.17) is 28.9 Å². The van der Waals surface area contributed by atoms with Gasteiger partial charge in [0.25, 0.3) is 5.91 Å². The molecule has 2 fully saturated rings. The van der Waals surface area contributed by atoms with Crippen molar-refractivity contribution in [2.24, 2.45) is 0 Å². The molecule has 0 unspecified atom stereocenters. The summed E-state index contributed by atoms with van der Waals surface area (Å²) in [5, 5.41) is 9.58. The van der Waals surface area contributed by atoms with E-state index in [-0.39, 0.29) is 12.0 Å². The lowest BCUT2D eigenvalue weighted by atomic mass is 10.1. The zero-order valence-corrected chi connectivity index (χ0v) is 19.8. The van der Waals surface area contributed by atoms with E-state index in [9.17, 15) is 10.1 Å². The highest BCUT2D eigenvalue weighted by molar-refractivity contribution is 5.94. The average molecular weight is 477 g/mol. The molecule has 0 spiro atoms. The van der Waals surface area contributed by atoms with Gasteiger partial charge in [-0.25, -0.2) is 4.98 Å². The van der Waals surface area contributed by atoms with Crippen molar-refractivity contribution >= 4 is 11.5 Å². The zero-order chi connectivity index (χ0) is 24.2. The summed E-state index contributed by atoms with van der Waals surface area (Å²) in [6.07, 6.45) is 4.41. The van der Waals surface area contributed by atoms with Gasteiger partial charge in [0, 0.05) is 49.9 Å². The van der Waals surface area contributed by atoms with Crippen molar-refractivity contribution in [3.63, 3.8) is 0 Å². The number of fused-ring (bicyclic) bond motifs is 1. The number of hydrogen-bond donors (Lipinski definition) is 0. The molecule has 1 amide bonds. The van der Waals surface area contributed by atoms with E-state index in [0.29, 0.717) is 86.5 Å². The number of nitriles is 1. The number of rotatable bonds is 6. The number of carbonyl (C=O) groups is 1. The Kier molecular flexibility index (Phi) is 6.93. The van der Waals surface area contributed by atoms with Crippen LogP contribution in [0.1, 0.15) is 45.8 Å². The Balaban J connectivity index is 1.41. The Morgan fingerprint density at radius 1 is 1.17 bits per heavy atom. The van der Waals surface area contributed by atoms with Crippen LogP contribution in [0.25, 0.3) is 5.57 Å². The van der Waals surface area contributed by atoms with Crippen molar-refractivity contribution in [1.82, 2.24) is 14.9 Å². The molecule has 9 heteroatoms. The summed E-state index contributed by atoms with van der Waals surface area (Å²) in [6, 6.07) is 7.72. The molecule has 2 aliphatic heterocycles. The van der Waals surface area contributed by atoms with E-state index in [1.165, 1.54) is 0 Å². The lowest BCUT2D eigenvalue weighted by Gasteiger charge is -2.27. The third-order valence-electron chi connectivity index (χ3n) is 6.51. The maximum absolute atomic E-state index is 12.9. The number of nitrogens with zero attached hydrogens (tertiary/aromatic N) is 4. The van der Waals surface area contributed by atoms with Crippen LogP contribution in [0.2, 0.25) is 0 Å². The molecular formula is C26H28N4O5. The van der Waals surface area contributed by atoms with Gasteiger partial charge in [-0.1, -0.05) is 12.1 Å². The number of methoxy groups -OCH3 is 1. The van der Waals surface area contributed by atoms with Gasteiger partial charge >= 0.3 is 0 Å². The molecule has 182 valence electrons. The molecule has 1 aromatic heterocycles. The highest BCUT2D eigenvalue weighted by Crippen LogP contribution is 2.35. The number of ether oxygens (including phenoxy) is 4. The van der Waals surface area contributed by atoms with Gasteiger partial charge in [0.05, 0.1) is 56.4 Å². The van der Waals surface area contributed by atoms with Gasteiger partial charge in [-0.2, -0.15) is 10.2 Å². The molecule has 0 atom stereocenters. The summed E-state index contributed by atoms with van der Waals surface area (Å²) >= 11 is 0. The summed E-state index contributed by atoms with van der Waals surface area (Å²) in [6.45, 7) is 3.58. The third-order valence-corrected chi connectivity index (χ3v) is 6.51. The van der Waals surface area contributed by atoms with E-state index in [0.717, 1.165) is 24.1 Å². The van der Waals surface area contributed by atoms with Gasteiger partial charge in [0.2, 0.25) is 5.88 Å². The number of benzene rings is 1. The predicted octanol–water partition coefficient (Wildman–Crippen LogP) is 2.57. The standard InChI is InChI=1S/C26H28N4O5/c1-32-22-14-18(26(31)30-8-12-34-13-9-30)3-2-17(22)15-23-28-21-5-4-19(16-27)24(21)25(29-23)35-20-6-10-33-11-7-20/h2-4,14,20H,5-13,15H2,1H3. The summed E-state index contributed by atoms with van der Waals surface area (Å²) in [4.78, 5) is 24.2. The topological polar surface area (TPSA) is 107 Å². The molecule has 0 N–H and O–H groups in total. The Morgan fingerprint density at radius 3 is 2.69 bits per heavy atom. The van der Waals surface area contributed by atoms with Gasteiger partial charge < -0.3 is 23.8 Å². The average Bonchev–Trinajstić information content (AvgIpc) is 3.33. The molecule has 3 aliphatic rings. The number of amides is 1. The monoisotopic (exact) mass is 476 g/mol. The fourth-order valence-corrected chi connectivity index (χ4v) is 4.61. The second-order valence-corrected chi connectivity index (χ2v) is 8.74. The second kappa shape index (κ2) is 10.4. The summed E-state index contributed by atoms with van der Waals surface area (Å²) in [5.41, 5.74) is 3.49. The molecule has 9 nitrogen and oxygen atoms in total. The van der Waals surface area contributed by atoms with Crippen LogP contribution in [0.3, 0.4) is 0 Å². The second-order valence-electron chi connectivity index (χ2n) is 8.74. The van der Waals surface area contributed by atoms with Crippen LogP contribution in [-0.2, 0) is 22.3 Å². The minimum absolute atomic E-state index is 0.00355. The molecule has 2 saturated heterocycles. The molecular weight excluding hydrogens is 448 g/mol. The SMILES string of the molecule is COc1cc(C(=O)N2CCOCC2)ccc1Cc1nc2c(c(OC3CCOCC3)n1)C(C#N)=CC2. The molecule has 1 aromatic carbocycles. The highest BCUT2D eigenvalue weighted by atomic mass is 16.5. The van der Waals surface area contributed by atoms with E-state index in [1.54, 1.807) is 18.1 Å². The smallest absolute Gasteiger partial charge is 0.254 e. The van der Waals surface area contributed by atoms with Crippen LogP contribution in [0.5, 0.6) is 11.6 Å². The molecule has 35 heavy (non-hydrogen) atoms. The number of aromatic nitrogens is 2. The molecule has 0 radical (unpaired) electrons. The van der Waals surface area contributed by atoms with Crippen LogP contribution in [0, 0.1) is 11.3 Å². The largest absolute Gasteiger partial charge is 0.496 e. The van der Waals surface area contributed by atoms with E-state index < -0.39 is 0 Å². The minimum atomic E-state index is -0.0332. The molecule has 0 saturated carbocycles. The first-order valence-electron chi connectivity index (χ1n) is 11.9. The lowest BCUT2D eigenvalue weighted by Crippen LogP contribution is -2.40. The van der Waals surface area contributed by atoms with Crippen molar-refractivity contribution in [2.45, 2.75) is 31.8 Å². The normalized spacial score (nSPS) is 17.9. The quantitative estimate of drug-likeness (QED) is 0.626. The summed E-state index contributed by atoms with van der Waals surface area (Å²) < 4.78 is 22.7. The first-order chi connectivity index (χ1) is 17.2. The number of morpholine rings is 1. The lowest BCUT2D eigenvalue weighted by molar-refractivity contribution is 0.0234. The van der Waals surface area contributed by atoms with Crippen molar-refractivity contribution in [3.8, 4) is 17.7 Å². The fourth-order valence-electron chi connectivity index (χ4n) is 4.61. The van der Waals surface area contributed by atoms with Gasteiger partial charge in [0.15, 0.2) is 0 Å². The van der Waals surface area contributed by atoms with Gasteiger partial charge in [-0.3, -0.25) is 4.79 Å². The molecule has 1 aliphatic carbocycles. The van der Waals surface area contributed by atoms with Gasteiger partial charge in [-0.15, -0.1) is 0 Å². The fraction of sp³-hybridized carbons (Fsp3) is 0.462. The van der Waals surface area contributed by atoms with Crippen LogP contribution < -0.4 is 9.47 Å². The Hall–Kier alpha value is -3.48. The summed E-state index contributed by atoms with van der Waals surface area (Å²) in [5.74, 6) is 1.62. The third kappa shape index (κ3) is 4.99. The Morgan fingerprint density at radius 2 is 1.94 bits per heavy atom. The van der Waals surface area contributed by atoms with Crippen LogP contribution in [-0.4, -0.2) is 73.5 Å². The van der Waals surface area contributed by atoms with Crippen molar-refractivity contribution < 1.29 is 23.7 Å².